The van der Waals surface area contributed by atoms with E-state index in [4.69, 9.17) is 0 Å². The second-order valence-corrected chi connectivity index (χ2v) is 10.7. The maximum absolute atomic E-state index is 13.1. The SMILES string of the molecule is O=S(c1nc(Nc2c3c(cc4c2CCC4)CCC3)n[nH]1)N1CCC2(CCCN2)CC1. The van der Waals surface area contributed by atoms with Crippen LogP contribution in [0.3, 0.4) is 0 Å². The van der Waals surface area contributed by atoms with Gasteiger partial charge in [-0.25, -0.2) is 13.6 Å². The Bertz CT molecular complexity index is 954. The van der Waals surface area contributed by atoms with E-state index in [-0.39, 0.29) is 5.54 Å². The van der Waals surface area contributed by atoms with Crippen LogP contribution in [0.5, 0.6) is 0 Å². The van der Waals surface area contributed by atoms with Crippen LogP contribution in [0.15, 0.2) is 11.2 Å². The fourth-order valence-corrected chi connectivity index (χ4v) is 7.00. The zero-order valence-corrected chi connectivity index (χ0v) is 18.2. The summed E-state index contributed by atoms with van der Waals surface area (Å²) in [5.74, 6) is 0.540. The zero-order valence-electron chi connectivity index (χ0n) is 17.4. The molecule has 3 N–H and O–H groups in total. The van der Waals surface area contributed by atoms with E-state index in [9.17, 15) is 4.21 Å². The summed E-state index contributed by atoms with van der Waals surface area (Å²) in [5.41, 5.74) is 7.35. The highest BCUT2D eigenvalue weighted by Crippen LogP contribution is 2.39. The molecule has 2 saturated heterocycles. The number of benzene rings is 1. The molecule has 2 aliphatic heterocycles. The maximum Gasteiger partial charge on any atom is 0.247 e. The average Bonchev–Trinajstić information content (AvgIpc) is 3.55. The van der Waals surface area contributed by atoms with Crippen LogP contribution in [-0.2, 0) is 36.7 Å². The van der Waals surface area contributed by atoms with Crippen LogP contribution >= 0.6 is 0 Å². The summed E-state index contributed by atoms with van der Waals surface area (Å²) in [6.45, 7) is 2.79. The molecule has 7 nitrogen and oxygen atoms in total. The number of aryl methyl sites for hydroxylation is 2. The van der Waals surface area contributed by atoms with Crippen LogP contribution in [0.25, 0.3) is 0 Å². The van der Waals surface area contributed by atoms with Crippen molar-refractivity contribution in [3.63, 3.8) is 0 Å². The Hall–Kier alpha value is -1.77. The summed E-state index contributed by atoms with van der Waals surface area (Å²) in [6.07, 6.45) is 11.7. The van der Waals surface area contributed by atoms with E-state index in [1.165, 1.54) is 66.5 Å². The Labute approximate surface area is 180 Å². The van der Waals surface area contributed by atoms with Gasteiger partial charge in [-0.3, -0.25) is 0 Å². The van der Waals surface area contributed by atoms with Gasteiger partial charge in [0, 0.05) is 24.3 Å². The van der Waals surface area contributed by atoms with Crippen LogP contribution in [0.2, 0.25) is 0 Å². The summed E-state index contributed by atoms with van der Waals surface area (Å²) < 4.78 is 15.1. The van der Waals surface area contributed by atoms with E-state index < -0.39 is 11.0 Å². The molecule has 0 amide bonds. The summed E-state index contributed by atoms with van der Waals surface area (Å²) in [7, 11) is -1.29. The molecule has 1 unspecified atom stereocenters. The van der Waals surface area contributed by atoms with Crippen molar-refractivity contribution in [2.24, 2.45) is 0 Å². The van der Waals surface area contributed by atoms with Crippen molar-refractivity contribution in [2.45, 2.75) is 74.9 Å². The van der Waals surface area contributed by atoms with Crippen molar-refractivity contribution in [1.29, 1.82) is 0 Å². The quantitative estimate of drug-likeness (QED) is 0.700. The lowest BCUT2D eigenvalue weighted by molar-refractivity contribution is 0.219. The van der Waals surface area contributed by atoms with Crippen molar-refractivity contribution in [2.75, 3.05) is 25.0 Å². The number of anilines is 2. The highest BCUT2D eigenvalue weighted by Gasteiger charge is 2.38. The Kier molecular flexibility index (Phi) is 4.69. The molecule has 1 aromatic heterocycles. The predicted octanol–water partition coefficient (Wildman–Crippen LogP) is 2.77. The Morgan fingerprint density at radius 1 is 1.00 bits per heavy atom. The maximum atomic E-state index is 13.1. The van der Waals surface area contributed by atoms with Crippen LogP contribution in [0.4, 0.5) is 11.6 Å². The molecule has 3 heterocycles. The van der Waals surface area contributed by atoms with Gasteiger partial charge in [0.15, 0.2) is 11.0 Å². The molecule has 1 spiro atoms. The molecule has 1 aromatic carbocycles. The number of fused-ring (bicyclic) bond motifs is 2. The topological polar surface area (TPSA) is 85.9 Å². The van der Waals surface area contributed by atoms with E-state index >= 15 is 0 Å². The monoisotopic (exact) mass is 426 g/mol. The third-order valence-electron chi connectivity index (χ3n) is 7.59. The summed E-state index contributed by atoms with van der Waals surface area (Å²) in [5, 5.41) is 14.9. The molecule has 0 radical (unpaired) electrons. The first-order chi connectivity index (χ1) is 14.7. The number of aromatic amines is 1. The van der Waals surface area contributed by atoms with Crippen LogP contribution < -0.4 is 10.6 Å². The molecule has 30 heavy (non-hydrogen) atoms. The number of rotatable bonds is 4. The molecular formula is C22H30N6OS. The third-order valence-corrected chi connectivity index (χ3v) is 8.93. The largest absolute Gasteiger partial charge is 0.322 e. The minimum atomic E-state index is -1.29. The second kappa shape index (κ2) is 7.43. The standard InChI is InChI=1S/C22H30N6OS/c29-30(28-12-9-22(10-13-28)8-3-11-23-22)21-25-20(26-27-21)24-19-17-6-1-4-15(17)14-16-5-2-7-18(16)19/h14,23H,1-13H2,(H2,24,25,26,27). The molecule has 0 saturated carbocycles. The van der Waals surface area contributed by atoms with E-state index in [1.54, 1.807) is 0 Å². The number of H-pyrrole nitrogens is 1. The van der Waals surface area contributed by atoms with Gasteiger partial charge in [0.1, 0.15) is 0 Å². The molecular weight excluding hydrogens is 396 g/mol. The smallest absolute Gasteiger partial charge is 0.247 e. The molecule has 0 bridgehead atoms. The number of hydrogen-bond donors (Lipinski definition) is 3. The normalized spacial score (nSPS) is 23.6. The van der Waals surface area contributed by atoms with Crippen molar-refractivity contribution >= 4 is 22.6 Å². The number of aromatic nitrogens is 3. The molecule has 6 rings (SSSR count). The highest BCUT2D eigenvalue weighted by atomic mass is 32.2. The molecule has 4 aliphatic rings. The lowest BCUT2D eigenvalue weighted by Gasteiger charge is -2.38. The minimum Gasteiger partial charge on any atom is -0.322 e. The Morgan fingerprint density at radius 2 is 1.73 bits per heavy atom. The Morgan fingerprint density at radius 3 is 2.40 bits per heavy atom. The number of nitrogens with zero attached hydrogens (tertiary/aromatic N) is 3. The van der Waals surface area contributed by atoms with Gasteiger partial charge >= 0.3 is 0 Å². The molecule has 1 atom stereocenters. The van der Waals surface area contributed by atoms with Gasteiger partial charge in [-0.05, 0) is 93.0 Å². The lowest BCUT2D eigenvalue weighted by Crippen LogP contribution is -2.50. The molecule has 2 fully saturated rings. The fraction of sp³-hybridized carbons (Fsp3) is 0.636. The van der Waals surface area contributed by atoms with Crippen molar-refractivity contribution in [3.8, 4) is 0 Å². The molecule has 2 aromatic rings. The van der Waals surface area contributed by atoms with Crippen LogP contribution in [0, 0.1) is 0 Å². The predicted molar refractivity (Wildman–Crippen MR) is 117 cm³/mol. The molecule has 160 valence electrons. The zero-order chi connectivity index (χ0) is 20.1. The van der Waals surface area contributed by atoms with E-state index in [0.717, 1.165) is 45.3 Å². The van der Waals surface area contributed by atoms with E-state index in [2.05, 4.69) is 31.9 Å². The Balaban J connectivity index is 1.19. The van der Waals surface area contributed by atoms with Crippen molar-refractivity contribution in [1.82, 2.24) is 24.8 Å². The van der Waals surface area contributed by atoms with Gasteiger partial charge in [-0.15, -0.1) is 5.10 Å². The second-order valence-electron chi connectivity index (χ2n) is 9.31. The van der Waals surface area contributed by atoms with Gasteiger partial charge in [-0.1, -0.05) is 6.07 Å². The summed E-state index contributed by atoms with van der Waals surface area (Å²) in [4.78, 5) is 4.59. The van der Waals surface area contributed by atoms with Gasteiger partial charge in [0.2, 0.25) is 11.1 Å². The first kappa shape index (κ1) is 19.0. The number of piperidine rings is 1. The highest BCUT2D eigenvalue weighted by molar-refractivity contribution is 7.82. The average molecular weight is 427 g/mol. The summed E-state index contributed by atoms with van der Waals surface area (Å²) in [6, 6.07) is 2.43. The minimum absolute atomic E-state index is 0.281. The van der Waals surface area contributed by atoms with Gasteiger partial charge < -0.3 is 10.6 Å². The summed E-state index contributed by atoms with van der Waals surface area (Å²) >= 11 is 0. The number of nitrogens with one attached hydrogen (secondary N) is 3. The van der Waals surface area contributed by atoms with Crippen LogP contribution in [0.1, 0.15) is 60.8 Å². The van der Waals surface area contributed by atoms with Gasteiger partial charge in [0.25, 0.3) is 0 Å². The van der Waals surface area contributed by atoms with Crippen molar-refractivity contribution in [3.05, 3.63) is 28.3 Å². The third kappa shape index (κ3) is 3.20. The first-order valence-electron chi connectivity index (χ1n) is 11.5. The van der Waals surface area contributed by atoms with Crippen molar-refractivity contribution < 1.29 is 4.21 Å². The van der Waals surface area contributed by atoms with Gasteiger partial charge in [0.05, 0.1) is 0 Å². The molecule has 8 heteroatoms. The number of hydrogen-bond acceptors (Lipinski definition) is 5. The van der Waals surface area contributed by atoms with E-state index in [0.29, 0.717) is 11.1 Å². The fourth-order valence-electron chi connectivity index (χ4n) is 5.96. The van der Waals surface area contributed by atoms with Gasteiger partial charge in [-0.2, -0.15) is 4.98 Å². The first-order valence-corrected chi connectivity index (χ1v) is 12.6. The van der Waals surface area contributed by atoms with E-state index in [1.807, 2.05) is 4.31 Å². The van der Waals surface area contributed by atoms with Crippen LogP contribution in [-0.4, -0.2) is 48.9 Å². The lowest BCUT2D eigenvalue weighted by atomic mass is 9.87. The molecule has 2 aliphatic carbocycles.